The molecule has 1 aliphatic heterocycles. The van der Waals surface area contributed by atoms with Crippen molar-refractivity contribution in [2.24, 2.45) is 0 Å². The van der Waals surface area contributed by atoms with Gasteiger partial charge in [-0.05, 0) is 29.8 Å². The first-order valence-electron chi connectivity index (χ1n) is 7.91. The predicted octanol–water partition coefficient (Wildman–Crippen LogP) is 3.34. The number of nitrogens with one attached hydrogen (secondary N) is 1. The molecule has 1 aromatic heterocycles. The van der Waals surface area contributed by atoms with E-state index in [1.54, 1.807) is 12.1 Å². The minimum atomic E-state index is 0.281. The van der Waals surface area contributed by atoms with E-state index < -0.39 is 0 Å². The van der Waals surface area contributed by atoms with E-state index >= 15 is 0 Å². The van der Waals surface area contributed by atoms with Gasteiger partial charge < -0.3 is 5.11 Å². The average Bonchev–Trinajstić information content (AvgIpc) is 3.00. The molecule has 0 radical (unpaired) electrons. The van der Waals surface area contributed by atoms with Gasteiger partial charge in [0.2, 0.25) is 0 Å². The maximum absolute atomic E-state index is 9.46. The number of aromatic nitrogens is 2. The quantitative estimate of drug-likeness (QED) is 0.780. The van der Waals surface area contributed by atoms with Crippen LogP contribution in [0.1, 0.15) is 16.8 Å². The van der Waals surface area contributed by atoms with Gasteiger partial charge >= 0.3 is 0 Å². The zero-order chi connectivity index (χ0) is 15.6. The number of H-pyrrole nitrogens is 1. The van der Waals surface area contributed by atoms with Crippen molar-refractivity contribution in [3.05, 3.63) is 71.4 Å². The van der Waals surface area contributed by atoms with Crippen molar-refractivity contribution in [1.82, 2.24) is 15.1 Å². The SMILES string of the molecule is Oc1ccc(-c2n[nH]c3c2CN(Cc2ccccc2)CC3)cc1. The average molecular weight is 305 g/mol. The smallest absolute Gasteiger partial charge is 0.115 e. The van der Waals surface area contributed by atoms with Crippen molar-refractivity contribution in [2.75, 3.05) is 6.54 Å². The zero-order valence-electron chi connectivity index (χ0n) is 12.9. The van der Waals surface area contributed by atoms with Crippen molar-refractivity contribution < 1.29 is 5.11 Å². The second-order valence-electron chi connectivity index (χ2n) is 6.02. The third kappa shape index (κ3) is 2.85. The first-order chi connectivity index (χ1) is 11.3. The summed E-state index contributed by atoms with van der Waals surface area (Å²) in [6.45, 7) is 2.90. The Bertz CT molecular complexity index is 793. The first-order valence-corrected chi connectivity index (χ1v) is 7.91. The number of rotatable bonds is 3. The molecule has 0 unspecified atom stereocenters. The fraction of sp³-hybridized carbons (Fsp3) is 0.211. The minimum absolute atomic E-state index is 0.281. The van der Waals surface area contributed by atoms with Gasteiger partial charge in [0.25, 0.3) is 0 Å². The van der Waals surface area contributed by atoms with E-state index in [-0.39, 0.29) is 5.75 Å². The van der Waals surface area contributed by atoms with Gasteiger partial charge in [-0.25, -0.2) is 0 Å². The van der Waals surface area contributed by atoms with Crippen LogP contribution in [0.5, 0.6) is 5.75 Å². The van der Waals surface area contributed by atoms with Crippen LogP contribution in [0.3, 0.4) is 0 Å². The highest BCUT2D eigenvalue weighted by Crippen LogP contribution is 2.29. The number of hydrogen-bond donors (Lipinski definition) is 2. The lowest BCUT2D eigenvalue weighted by molar-refractivity contribution is 0.245. The highest BCUT2D eigenvalue weighted by atomic mass is 16.3. The predicted molar refractivity (Wildman–Crippen MR) is 89.9 cm³/mol. The van der Waals surface area contributed by atoms with E-state index in [1.165, 1.54) is 16.8 Å². The molecule has 0 saturated heterocycles. The number of benzene rings is 2. The summed E-state index contributed by atoms with van der Waals surface area (Å²) in [5.74, 6) is 0.281. The standard InChI is InChI=1S/C19H19N3O/c23-16-8-6-15(7-9-16)19-17-13-22(11-10-18(17)20-21-19)12-14-4-2-1-3-5-14/h1-9,23H,10-13H2,(H,20,21). The monoisotopic (exact) mass is 305 g/mol. The highest BCUT2D eigenvalue weighted by molar-refractivity contribution is 5.65. The van der Waals surface area contributed by atoms with Crippen molar-refractivity contribution >= 4 is 0 Å². The van der Waals surface area contributed by atoms with Crippen LogP contribution in [0.25, 0.3) is 11.3 Å². The molecule has 0 saturated carbocycles. The lowest BCUT2D eigenvalue weighted by Crippen LogP contribution is -2.29. The number of aromatic amines is 1. The topological polar surface area (TPSA) is 52.2 Å². The van der Waals surface area contributed by atoms with Crippen molar-refractivity contribution in [2.45, 2.75) is 19.5 Å². The van der Waals surface area contributed by atoms with Gasteiger partial charge in [-0.1, -0.05) is 30.3 Å². The second-order valence-corrected chi connectivity index (χ2v) is 6.02. The van der Waals surface area contributed by atoms with Gasteiger partial charge in [0.05, 0.1) is 5.69 Å². The fourth-order valence-electron chi connectivity index (χ4n) is 3.19. The summed E-state index contributed by atoms with van der Waals surface area (Å²) >= 11 is 0. The van der Waals surface area contributed by atoms with Crippen molar-refractivity contribution in [3.8, 4) is 17.0 Å². The normalized spacial score (nSPS) is 14.6. The molecule has 4 rings (SSSR count). The van der Waals surface area contributed by atoms with Crippen LogP contribution in [0.15, 0.2) is 54.6 Å². The maximum atomic E-state index is 9.46. The van der Waals surface area contributed by atoms with Gasteiger partial charge in [0.1, 0.15) is 5.75 Å². The minimum Gasteiger partial charge on any atom is -0.508 e. The second kappa shape index (κ2) is 5.89. The number of phenolic OH excluding ortho intramolecular Hbond substituents is 1. The molecule has 23 heavy (non-hydrogen) atoms. The maximum Gasteiger partial charge on any atom is 0.115 e. The first kappa shape index (κ1) is 14.0. The Kier molecular flexibility index (Phi) is 3.60. The molecule has 116 valence electrons. The molecule has 2 aromatic carbocycles. The summed E-state index contributed by atoms with van der Waals surface area (Å²) in [6.07, 6.45) is 0.993. The lowest BCUT2D eigenvalue weighted by Gasteiger charge is -2.27. The molecule has 4 nitrogen and oxygen atoms in total. The number of hydrogen-bond acceptors (Lipinski definition) is 3. The van der Waals surface area contributed by atoms with Gasteiger partial charge in [0.15, 0.2) is 0 Å². The van der Waals surface area contributed by atoms with Gasteiger partial charge in [-0.2, -0.15) is 5.10 Å². The Morgan fingerprint density at radius 2 is 1.83 bits per heavy atom. The zero-order valence-corrected chi connectivity index (χ0v) is 12.9. The van der Waals surface area contributed by atoms with E-state index in [2.05, 4.69) is 45.4 Å². The van der Waals surface area contributed by atoms with E-state index in [0.717, 1.165) is 37.3 Å². The Balaban J connectivity index is 1.59. The molecule has 0 amide bonds. The molecule has 0 aliphatic carbocycles. The van der Waals surface area contributed by atoms with E-state index in [4.69, 9.17) is 0 Å². The summed E-state index contributed by atoms with van der Waals surface area (Å²) < 4.78 is 0. The van der Waals surface area contributed by atoms with Crippen LogP contribution in [-0.2, 0) is 19.5 Å². The van der Waals surface area contributed by atoms with Gasteiger partial charge in [-0.15, -0.1) is 0 Å². The van der Waals surface area contributed by atoms with E-state index in [0.29, 0.717) is 0 Å². The summed E-state index contributed by atoms with van der Waals surface area (Å²) in [5.41, 5.74) is 5.89. The fourth-order valence-corrected chi connectivity index (χ4v) is 3.19. The van der Waals surface area contributed by atoms with Crippen molar-refractivity contribution in [3.63, 3.8) is 0 Å². The molecule has 4 heteroatoms. The van der Waals surface area contributed by atoms with Gasteiger partial charge in [0, 0.05) is 42.9 Å². The summed E-state index contributed by atoms with van der Waals surface area (Å²) in [4.78, 5) is 2.46. The Morgan fingerprint density at radius 1 is 1.04 bits per heavy atom. The largest absolute Gasteiger partial charge is 0.508 e. The molecule has 0 bridgehead atoms. The van der Waals surface area contributed by atoms with Crippen molar-refractivity contribution in [1.29, 1.82) is 0 Å². The van der Waals surface area contributed by atoms with Gasteiger partial charge in [-0.3, -0.25) is 10.00 Å². The summed E-state index contributed by atoms with van der Waals surface area (Å²) in [7, 11) is 0. The number of phenols is 1. The van der Waals surface area contributed by atoms with Crippen LogP contribution in [0.4, 0.5) is 0 Å². The molecular formula is C19H19N3O. The molecule has 3 aromatic rings. The van der Waals surface area contributed by atoms with Crippen LogP contribution in [0, 0.1) is 0 Å². The molecule has 0 atom stereocenters. The van der Waals surface area contributed by atoms with Crippen LogP contribution >= 0.6 is 0 Å². The molecule has 2 N–H and O–H groups in total. The highest BCUT2D eigenvalue weighted by Gasteiger charge is 2.22. The number of fused-ring (bicyclic) bond motifs is 1. The van der Waals surface area contributed by atoms with Crippen LogP contribution < -0.4 is 0 Å². The van der Waals surface area contributed by atoms with Crippen LogP contribution in [-0.4, -0.2) is 26.7 Å². The molecule has 1 aliphatic rings. The third-order valence-electron chi connectivity index (χ3n) is 4.40. The van der Waals surface area contributed by atoms with E-state index in [1.807, 2.05) is 12.1 Å². The van der Waals surface area contributed by atoms with Crippen LogP contribution in [0.2, 0.25) is 0 Å². The molecule has 0 fully saturated rings. The number of aromatic hydroxyl groups is 1. The molecule has 0 spiro atoms. The summed E-state index contributed by atoms with van der Waals surface area (Å²) in [5, 5.41) is 17.2. The lowest BCUT2D eigenvalue weighted by atomic mass is 10.0. The molecular weight excluding hydrogens is 286 g/mol. The Morgan fingerprint density at radius 3 is 2.61 bits per heavy atom. The Labute approximate surface area is 135 Å². The van der Waals surface area contributed by atoms with E-state index in [9.17, 15) is 5.11 Å². The summed E-state index contributed by atoms with van der Waals surface area (Å²) in [6, 6.07) is 17.8. The Hall–Kier alpha value is -2.59. The number of nitrogens with zero attached hydrogens (tertiary/aromatic N) is 2. The molecule has 2 heterocycles. The third-order valence-corrected chi connectivity index (χ3v) is 4.40.